The third kappa shape index (κ3) is 6.31. The Morgan fingerprint density at radius 2 is 1.42 bits per heavy atom. The Labute approximate surface area is 222 Å². The monoisotopic (exact) mass is 521 g/mol. The Bertz CT molecular complexity index is 1160. The summed E-state index contributed by atoms with van der Waals surface area (Å²) in [6.07, 6.45) is 2.77. The van der Waals surface area contributed by atoms with Gasteiger partial charge in [-0.15, -0.1) is 0 Å². The summed E-state index contributed by atoms with van der Waals surface area (Å²) in [7, 11) is 0. The van der Waals surface area contributed by atoms with Gasteiger partial charge in [-0.1, -0.05) is 42.5 Å². The lowest BCUT2D eigenvalue weighted by Gasteiger charge is -2.31. The van der Waals surface area contributed by atoms with Crippen LogP contribution in [0.2, 0.25) is 0 Å². The average Bonchev–Trinajstić information content (AvgIpc) is 3.60. The van der Waals surface area contributed by atoms with Crippen molar-refractivity contribution in [3.8, 4) is 5.75 Å². The SMILES string of the molecule is NC(=O)[C@@H]1CCCN1C(=O)[C@H](Cc1ccccc1)NC(=O)[C@H]1CCCN1C(=O)[C@H](N)Cc1ccc(O)cc1. The lowest BCUT2D eigenvalue weighted by molar-refractivity contribution is -0.143. The number of benzene rings is 2. The van der Waals surface area contributed by atoms with Gasteiger partial charge in [-0.25, -0.2) is 0 Å². The van der Waals surface area contributed by atoms with Gasteiger partial charge in [0, 0.05) is 19.5 Å². The number of phenols is 1. The number of likely N-dealkylation sites (tertiary alicyclic amines) is 2. The largest absolute Gasteiger partial charge is 0.508 e. The molecule has 0 radical (unpaired) electrons. The zero-order chi connectivity index (χ0) is 27.2. The molecule has 2 aromatic carbocycles. The molecule has 2 fully saturated rings. The molecule has 38 heavy (non-hydrogen) atoms. The van der Waals surface area contributed by atoms with Crippen LogP contribution in [0.25, 0.3) is 0 Å². The molecule has 10 heteroatoms. The molecular weight excluding hydrogens is 486 g/mol. The van der Waals surface area contributed by atoms with E-state index in [-0.39, 0.29) is 30.4 Å². The zero-order valence-electron chi connectivity index (χ0n) is 21.3. The summed E-state index contributed by atoms with van der Waals surface area (Å²) in [6.45, 7) is 0.793. The fraction of sp³-hybridized carbons (Fsp3) is 0.429. The van der Waals surface area contributed by atoms with Crippen molar-refractivity contribution >= 4 is 23.6 Å². The number of nitrogens with zero attached hydrogens (tertiary/aromatic N) is 2. The second-order valence-corrected chi connectivity index (χ2v) is 10.0. The minimum absolute atomic E-state index is 0.126. The molecule has 4 atom stereocenters. The molecular formula is C28H35N5O5. The minimum Gasteiger partial charge on any atom is -0.508 e. The molecule has 2 saturated heterocycles. The number of aromatic hydroxyl groups is 1. The number of rotatable bonds is 9. The third-order valence-corrected chi connectivity index (χ3v) is 7.31. The summed E-state index contributed by atoms with van der Waals surface area (Å²) in [5, 5.41) is 12.4. The van der Waals surface area contributed by atoms with E-state index >= 15 is 0 Å². The van der Waals surface area contributed by atoms with Crippen LogP contribution >= 0.6 is 0 Å². The maximum atomic E-state index is 13.6. The Morgan fingerprint density at radius 3 is 2.05 bits per heavy atom. The van der Waals surface area contributed by atoms with Crippen molar-refractivity contribution in [2.45, 2.75) is 62.7 Å². The van der Waals surface area contributed by atoms with E-state index in [1.54, 1.807) is 12.1 Å². The standard InChI is InChI=1S/C28H35N5O5/c29-21(16-19-10-12-20(34)13-11-19)27(37)33-15-5-9-24(33)26(36)31-22(17-18-6-2-1-3-7-18)28(38)32-14-4-8-23(32)25(30)35/h1-3,6-7,10-13,21-24,34H,4-5,8-9,14-17,29H2,(H2,30,35)(H,31,36)/t21-,22+,23+,24-/m1/s1. The molecule has 4 amide bonds. The van der Waals surface area contributed by atoms with E-state index in [9.17, 15) is 24.3 Å². The molecule has 0 aliphatic carbocycles. The Hall–Kier alpha value is -3.92. The van der Waals surface area contributed by atoms with Crippen LogP contribution in [0, 0.1) is 0 Å². The summed E-state index contributed by atoms with van der Waals surface area (Å²) >= 11 is 0. The van der Waals surface area contributed by atoms with Gasteiger partial charge in [-0.05, 0) is 55.4 Å². The van der Waals surface area contributed by atoms with Crippen LogP contribution in [0.5, 0.6) is 5.75 Å². The van der Waals surface area contributed by atoms with Gasteiger partial charge < -0.3 is 31.7 Å². The number of primary amides is 1. The number of carbonyl (C=O) groups excluding carboxylic acids is 4. The normalized spacial score (nSPS) is 20.7. The molecule has 2 aliphatic heterocycles. The third-order valence-electron chi connectivity index (χ3n) is 7.31. The molecule has 2 heterocycles. The van der Waals surface area contributed by atoms with Gasteiger partial charge in [-0.2, -0.15) is 0 Å². The molecule has 0 aromatic heterocycles. The molecule has 0 unspecified atom stereocenters. The number of nitrogens with one attached hydrogen (secondary N) is 1. The van der Waals surface area contributed by atoms with Crippen molar-refractivity contribution in [3.05, 3.63) is 65.7 Å². The van der Waals surface area contributed by atoms with Crippen LogP contribution in [-0.2, 0) is 32.0 Å². The van der Waals surface area contributed by atoms with Gasteiger partial charge in [0.2, 0.25) is 23.6 Å². The topological polar surface area (TPSA) is 159 Å². The fourth-order valence-corrected chi connectivity index (χ4v) is 5.33. The molecule has 0 saturated carbocycles. The summed E-state index contributed by atoms with van der Waals surface area (Å²) in [5.41, 5.74) is 13.4. The molecule has 2 aliphatic rings. The number of phenolic OH excluding ortho intramolecular Hbond substituents is 1. The highest BCUT2D eigenvalue weighted by Crippen LogP contribution is 2.22. The lowest BCUT2D eigenvalue weighted by atomic mass is 10.0. The Kier molecular flexibility index (Phi) is 8.62. The maximum absolute atomic E-state index is 13.6. The second-order valence-electron chi connectivity index (χ2n) is 10.0. The first-order valence-electron chi connectivity index (χ1n) is 13.0. The quantitative estimate of drug-likeness (QED) is 0.375. The highest BCUT2D eigenvalue weighted by atomic mass is 16.3. The van der Waals surface area contributed by atoms with Crippen LogP contribution in [0.15, 0.2) is 54.6 Å². The Morgan fingerprint density at radius 1 is 0.842 bits per heavy atom. The van der Waals surface area contributed by atoms with Gasteiger partial charge in [0.1, 0.15) is 23.9 Å². The van der Waals surface area contributed by atoms with Gasteiger partial charge in [0.25, 0.3) is 0 Å². The van der Waals surface area contributed by atoms with Crippen LogP contribution in [-0.4, -0.2) is 75.8 Å². The van der Waals surface area contributed by atoms with Crippen LogP contribution in [0.3, 0.4) is 0 Å². The molecule has 6 N–H and O–H groups in total. The number of amides is 4. The number of hydrogen-bond acceptors (Lipinski definition) is 6. The molecule has 10 nitrogen and oxygen atoms in total. The van der Waals surface area contributed by atoms with E-state index in [1.165, 1.54) is 21.9 Å². The number of hydrogen-bond donors (Lipinski definition) is 4. The van der Waals surface area contributed by atoms with Crippen molar-refractivity contribution in [2.75, 3.05) is 13.1 Å². The van der Waals surface area contributed by atoms with Crippen molar-refractivity contribution in [1.82, 2.24) is 15.1 Å². The van der Waals surface area contributed by atoms with E-state index in [0.717, 1.165) is 11.1 Å². The van der Waals surface area contributed by atoms with E-state index in [2.05, 4.69) is 5.32 Å². The summed E-state index contributed by atoms with van der Waals surface area (Å²) in [4.78, 5) is 55.1. The molecule has 2 aromatic rings. The first-order chi connectivity index (χ1) is 18.2. The average molecular weight is 522 g/mol. The van der Waals surface area contributed by atoms with Gasteiger partial charge in [0.05, 0.1) is 6.04 Å². The van der Waals surface area contributed by atoms with Gasteiger partial charge in [0.15, 0.2) is 0 Å². The fourth-order valence-electron chi connectivity index (χ4n) is 5.33. The minimum atomic E-state index is -0.909. The van der Waals surface area contributed by atoms with E-state index in [4.69, 9.17) is 11.5 Å². The van der Waals surface area contributed by atoms with Gasteiger partial charge >= 0.3 is 0 Å². The maximum Gasteiger partial charge on any atom is 0.246 e. The Balaban J connectivity index is 1.47. The predicted molar refractivity (Wildman–Crippen MR) is 141 cm³/mol. The highest BCUT2D eigenvalue weighted by Gasteiger charge is 2.40. The first-order valence-corrected chi connectivity index (χ1v) is 13.0. The number of nitrogens with two attached hydrogens (primary N) is 2. The van der Waals surface area contributed by atoms with E-state index in [0.29, 0.717) is 38.8 Å². The first kappa shape index (κ1) is 27.1. The van der Waals surface area contributed by atoms with Gasteiger partial charge in [-0.3, -0.25) is 19.2 Å². The number of carbonyl (C=O) groups is 4. The van der Waals surface area contributed by atoms with Crippen LogP contribution < -0.4 is 16.8 Å². The van der Waals surface area contributed by atoms with Crippen LogP contribution in [0.4, 0.5) is 0 Å². The predicted octanol–water partition coefficient (Wildman–Crippen LogP) is 0.457. The zero-order valence-corrected chi connectivity index (χ0v) is 21.3. The van der Waals surface area contributed by atoms with Crippen LogP contribution in [0.1, 0.15) is 36.8 Å². The molecule has 202 valence electrons. The second kappa shape index (κ2) is 12.1. The molecule has 0 bridgehead atoms. The highest BCUT2D eigenvalue weighted by molar-refractivity contribution is 5.95. The van der Waals surface area contributed by atoms with E-state index < -0.39 is 36.0 Å². The van der Waals surface area contributed by atoms with Crippen molar-refractivity contribution in [3.63, 3.8) is 0 Å². The molecule has 0 spiro atoms. The summed E-state index contributed by atoms with van der Waals surface area (Å²) in [6, 6.07) is 12.6. The van der Waals surface area contributed by atoms with Crippen molar-refractivity contribution in [1.29, 1.82) is 0 Å². The molecule has 4 rings (SSSR count). The van der Waals surface area contributed by atoms with Crippen molar-refractivity contribution < 1.29 is 24.3 Å². The summed E-state index contributed by atoms with van der Waals surface area (Å²) in [5.74, 6) is -1.55. The summed E-state index contributed by atoms with van der Waals surface area (Å²) < 4.78 is 0. The smallest absolute Gasteiger partial charge is 0.246 e. The van der Waals surface area contributed by atoms with Crippen molar-refractivity contribution in [2.24, 2.45) is 11.5 Å². The lowest BCUT2D eigenvalue weighted by Crippen LogP contribution is -2.57. The van der Waals surface area contributed by atoms with E-state index in [1.807, 2.05) is 30.3 Å².